The number of nitrogens with zero attached hydrogens (tertiary/aromatic N) is 3. The molecule has 9 heteroatoms. The lowest BCUT2D eigenvalue weighted by Crippen LogP contribution is -2.36. The highest BCUT2D eigenvalue weighted by Gasteiger charge is 2.34. The van der Waals surface area contributed by atoms with Gasteiger partial charge in [0.25, 0.3) is 0 Å². The smallest absolute Gasteiger partial charge is 0.378 e. The third-order valence-electron chi connectivity index (χ3n) is 4.02. The number of anilines is 4. The first-order chi connectivity index (χ1) is 13.1. The Labute approximate surface area is 162 Å². The molecule has 3 rings (SSSR count). The van der Waals surface area contributed by atoms with E-state index in [1.807, 2.05) is 45.0 Å². The lowest BCUT2D eigenvalue weighted by atomic mass is 10.1. The molecule has 0 unspecified atom stereocenters. The molecule has 0 saturated carbocycles. The molecule has 1 aliphatic heterocycles. The number of hydrogen-bond donors (Lipinski definition) is 2. The molecule has 0 radical (unpaired) electrons. The van der Waals surface area contributed by atoms with Gasteiger partial charge in [-0.25, -0.2) is 4.98 Å². The van der Waals surface area contributed by atoms with Gasteiger partial charge in [-0.1, -0.05) is 0 Å². The minimum atomic E-state index is -4.56. The number of nitrogens with one attached hydrogen (secondary N) is 2. The molecule has 2 N–H and O–H groups in total. The van der Waals surface area contributed by atoms with Gasteiger partial charge in [0.05, 0.1) is 13.2 Å². The van der Waals surface area contributed by atoms with Crippen LogP contribution in [0.4, 0.5) is 36.3 Å². The number of aromatic nitrogens is 2. The standard InChI is InChI=1S/C19H24F3N5O/c1-18(2,3)26-17-24-15(19(20,21)22)12-16(25-17)23-13-4-6-14(7-5-13)27-8-10-28-11-9-27/h4-7,12H,8-11H2,1-3H3,(H2,23,24,25,26). The summed E-state index contributed by atoms with van der Waals surface area (Å²) in [4.78, 5) is 9.98. The molecule has 1 aromatic heterocycles. The summed E-state index contributed by atoms with van der Waals surface area (Å²) in [6, 6.07) is 8.39. The molecule has 0 amide bonds. The monoisotopic (exact) mass is 395 g/mol. The zero-order chi connectivity index (χ0) is 20.4. The maximum Gasteiger partial charge on any atom is 0.433 e. The van der Waals surface area contributed by atoms with Crippen LogP contribution in [0.1, 0.15) is 26.5 Å². The molecule has 2 heterocycles. The average molecular weight is 395 g/mol. The molecule has 6 nitrogen and oxygen atoms in total. The second-order valence-corrected chi connectivity index (χ2v) is 7.61. The first-order valence-corrected chi connectivity index (χ1v) is 9.04. The van der Waals surface area contributed by atoms with Crippen molar-refractivity contribution in [2.75, 3.05) is 41.8 Å². The Morgan fingerprint density at radius 1 is 1.00 bits per heavy atom. The van der Waals surface area contributed by atoms with Crippen molar-refractivity contribution in [3.63, 3.8) is 0 Å². The van der Waals surface area contributed by atoms with Crippen LogP contribution < -0.4 is 15.5 Å². The van der Waals surface area contributed by atoms with Crippen molar-refractivity contribution in [1.29, 1.82) is 0 Å². The number of hydrogen-bond acceptors (Lipinski definition) is 6. The fourth-order valence-corrected chi connectivity index (χ4v) is 2.77. The van der Waals surface area contributed by atoms with Crippen molar-refractivity contribution in [1.82, 2.24) is 9.97 Å². The van der Waals surface area contributed by atoms with Crippen LogP contribution in [0.15, 0.2) is 30.3 Å². The molecule has 152 valence electrons. The average Bonchev–Trinajstić information content (AvgIpc) is 2.61. The van der Waals surface area contributed by atoms with Gasteiger partial charge in [0.1, 0.15) is 5.82 Å². The van der Waals surface area contributed by atoms with Crippen molar-refractivity contribution in [3.8, 4) is 0 Å². The van der Waals surface area contributed by atoms with Crippen LogP contribution in [0.5, 0.6) is 0 Å². The Hall–Kier alpha value is -2.55. The first kappa shape index (κ1) is 20.2. The van der Waals surface area contributed by atoms with Crippen LogP contribution in [0.25, 0.3) is 0 Å². The Morgan fingerprint density at radius 3 is 2.21 bits per heavy atom. The lowest BCUT2D eigenvalue weighted by molar-refractivity contribution is -0.141. The summed E-state index contributed by atoms with van der Waals surface area (Å²) < 4.78 is 45.0. The molecule has 0 atom stereocenters. The van der Waals surface area contributed by atoms with Gasteiger partial charge in [-0.15, -0.1) is 0 Å². The minimum absolute atomic E-state index is 0.0743. The van der Waals surface area contributed by atoms with Gasteiger partial charge in [0.15, 0.2) is 5.69 Å². The Balaban J connectivity index is 1.81. The number of rotatable bonds is 4. The van der Waals surface area contributed by atoms with E-state index in [1.54, 1.807) is 0 Å². The van der Waals surface area contributed by atoms with Crippen molar-refractivity contribution in [3.05, 3.63) is 36.0 Å². The lowest BCUT2D eigenvalue weighted by Gasteiger charge is -2.29. The van der Waals surface area contributed by atoms with E-state index in [1.165, 1.54) is 0 Å². The molecule has 0 bridgehead atoms. The number of morpholine rings is 1. The highest BCUT2D eigenvalue weighted by molar-refractivity contribution is 5.62. The summed E-state index contributed by atoms with van der Waals surface area (Å²) in [7, 11) is 0. The van der Waals surface area contributed by atoms with Crippen molar-refractivity contribution in [2.45, 2.75) is 32.5 Å². The maximum absolute atomic E-state index is 13.2. The second kappa shape index (κ2) is 7.83. The topological polar surface area (TPSA) is 62.3 Å². The summed E-state index contributed by atoms with van der Waals surface area (Å²) in [5, 5.41) is 5.83. The number of ether oxygens (including phenoxy) is 1. The van der Waals surface area contributed by atoms with Crippen LogP contribution in [0.2, 0.25) is 0 Å². The molecule has 1 fully saturated rings. The molecule has 28 heavy (non-hydrogen) atoms. The van der Waals surface area contributed by atoms with Gasteiger partial charge in [-0.3, -0.25) is 0 Å². The molecular formula is C19H24F3N5O. The summed E-state index contributed by atoms with van der Waals surface area (Å²) in [5.74, 6) is 0.00274. The molecule has 2 aromatic rings. The summed E-state index contributed by atoms with van der Waals surface area (Å²) in [6.07, 6.45) is -4.56. The van der Waals surface area contributed by atoms with Gasteiger partial charge < -0.3 is 20.3 Å². The van der Waals surface area contributed by atoms with Crippen molar-refractivity contribution >= 4 is 23.1 Å². The summed E-state index contributed by atoms with van der Waals surface area (Å²) >= 11 is 0. The Morgan fingerprint density at radius 2 is 1.64 bits per heavy atom. The molecule has 0 spiro atoms. The van der Waals surface area contributed by atoms with Crippen LogP contribution >= 0.6 is 0 Å². The van der Waals surface area contributed by atoms with E-state index in [0.29, 0.717) is 18.9 Å². The van der Waals surface area contributed by atoms with Crippen molar-refractivity contribution < 1.29 is 17.9 Å². The van der Waals surface area contributed by atoms with E-state index in [0.717, 1.165) is 24.8 Å². The van der Waals surface area contributed by atoms with E-state index in [-0.39, 0.29) is 11.8 Å². The van der Waals surface area contributed by atoms with E-state index in [4.69, 9.17) is 4.74 Å². The summed E-state index contributed by atoms with van der Waals surface area (Å²) in [5.41, 5.74) is 0.219. The number of alkyl halides is 3. The summed E-state index contributed by atoms with van der Waals surface area (Å²) in [6.45, 7) is 8.48. The largest absolute Gasteiger partial charge is 0.433 e. The van der Waals surface area contributed by atoms with Crippen LogP contribution in [0.3, 0.4) is 0 Å². The Bertz CT molecular complexity index is 797. The molecule has 1 aromatic carbocycles. The van der Waals surface area contributed by atoms with Gasteiger partial charge in [0, 0.05) is 36.1 Å². The van der Waals surface area contributed by atoms with Crippen LogP contribution in [0, 0.1) is 0 Å². The van der Waals surface area contributed by atoms with Gasteiger partial charge in [-0.05, 0) is 45.0 Å². The quantitative estimate of drug-likeness (QED) is 0.806. The van der Waals surface area contributed by atoms with E-state index >= 15 is 0 Å². The third kappa shape index (κ3) is 5.48. The molecule has 0 aliphatic carbocycles. The highest BCUT2D eigenvalue weighted by Crippen LogP contribution is 2.31. The zero-order valence-electron chi connectivity index (χ0n) is 16.1. The molecule has 1 aliphatic rings. The van der Waals surface area contributed by atoms with Crippen LogP contribution in [-0.2, 0) is 10.9 Å². The molecule has 1 saturated heterocycles. The Kier molecular flexibility index (Phi) is 5.64. The normalized spacial score (nSPS) is 15.4. The predicted molar refractivity (Wildman–Crippen MR) is 103 cm³/mol. The maximum atomic E-state index is 13.2. The fraction of sp³-hybridized carbons (Fsp3) is 0.474. The highest BCUT2D eigenvalue weighted by atomic mass is 19.4. The second-order valence-electron chi connectivity index (χ2n) is 7.61. The minimum Gasteiger partial charge on any atom is -0.378 e. The van der Waals surface area contributed by atoms with E-state index in [9.17, 15) is 13.2 Å². The predicted octanol–water partition coefficient (Wildman–Crippen LogP) is 4.29. The van der Waals surface area contributed by atoms with Crippen molar-refractivity contribution in [2.24, 2.45) is 0 Å². The van der Waals surface area contributed by atoms with E-state index in [2.05, 4.69) is 25.5 Å². The van der Waals surface area contributed by atoms with Gasteiger partial charge in [0.2, 0.25) is 5.95 Å². The van der Waals surface area contributed by atoms with Crippen LogP contribution in [-0.4, -0.2) is 41.8 Å². The van der Waals surface area contributed by atoms with Gasteiger partial charge >= 0.3 is 6.18 Å². The van der Waals surface area contributed by atoms with Gasteiger partial charge in [-0.2, -0.15) is 18.2 Å². The third-order valence-corrected chi connectivity index (χ3v) is 4.02. The SMILES string of the molecule is CC(C)(C)Nc1nc(Nc2ccc(N3CCOCC3)cc2)cc(C(F)(F)F)n1. The molecular weight excluding hydrogens is 371 g/mol. The number of benzene rings is 1. The fourth-order valence-electron chi connectivity index (χ4n) is 2.77. The first-order valence-electron chi connectivity index (χ1n) is 9.04. The zero-order valence-corrected chi connectivity index (χ0v) is 16.1. The van der Waals surface area contributed by atoms with E-state index < -0.39 is 17.4 Å². The number of halogens is 3.